The molecule has 0 aliphatic rings. The molecule has 4 heteroatoms. The highest BCUT2D eigenvalue weighted by atomic mass is 16.5. The van der Waals surface area contributed by atoms with E-state index >= 15 is 0 Å². The molecule has 1 aromatic rings. The van der Waals surface area contributed by atoms with Crippen LogP contribution in [0.4, 0.5) is 4.79 Å². The number of hydrogen-bond acceptors (Lipinski definition) is 3. The van der Waals surface area contributed by atoms with Crippen LogP contribution in [0.15, 0.2) is 30.3 Å². The summed E-state index contributed by atoms with van der Waals surface area (Å²) in [5.41, 5.74) is 5.11. The molecule has 0 aliphatic carbocycles. The van der Waals surface area contributed by atoms with E-state index in [-0.39, 0.29) is 6.61 Å². The topological polar surface area (TPSA) is 72.5 Å². The third-order valence-electron chi connectivity index (χ3n) is 2.44. The van der Waals surface area contributed by atoms with Crippen molar-refractivity contribution in [3.63, 3.8) is 0 Å². The minimum atomic E-state index is -0.826. The first-order chi connectivity index (χ1) is 7.43. The second-order valence-electron chi connectivity index (χ2n) is 4.41. The zero-order valence-corrected chi connectivity index (χ0v) is 9.51. The molecule has 4 nitrogen and oxygen atoms in total. The molecule has 0 saturated carbocycles. The van der Waals surface area contributed by atoms with E-state index in [2.05, 4.69) is 0 Å². The molecule has 0 aromatic heterocycles. The molecular weight excluding hydrogens is 206 g/mol. The second-order valence-corrected chi connectivity index (χ2v) is 4.41. The van der Waals surface area contributed by atoms with E-state index in [9.17, 15) is 9.90 Å². The Morgan fingerprint density at radius 1 is 1.44 bits per heavy atom. The molecule has 16 heavy (non-hydrogen) atoms. The number of aliphatic hydroxyl groups is 1. The van der Waals surface area contributed by atoms with Crippen molar-refractivity contribution in [3.8, 4) is 0 Å². The van der Waals surface area contributed by atoms with Gasteiger partial charge >= 0.3 is 6.09 Å². The summed E-state index contributed by atoms with van der Waals surface area (Å²) in [7, 11) is 0. The molecule has 0 aliphatic heterocycles. The first kappa shape index (κ1) is 12.5. The number of primary amides is 1. The fourth-order valence-electron chi connectivity index (χ4n) is 1.42. The predicted molar refractivity (Wildman–Crippen MR) is 60.7 cm³/mol. The molecule has 1 amide bonds. The van der Waals surface area contributed by atoms with Crippen LogP contribution in [-0.4, -0.2) is 17.8 Å². The number of carbonyl (C=O) groups excluding carboxylic acids is 1. The molecule has 1 aromatic carbocycles. The standard InChI is InChI=1S/C12H17NO3/c1-12(2,8-16-11(13)15)10(14)9-6-4-3-5-7-9/h3-7,10,14H,8H2,1-2H3,(H2,13,15)/t10-/m0/s1. The number of rotatable bonds is 4. The van der Waals surface area contributed by atoms with Gasteiger partial charge in [0.2, 0.25) is 0 Å². The maximum absolute atomic E-state index is 10.5. The number of aliphatic hydroxyl groups excluding tert-OH is 1. The summed E-state index contributed by atoms with van der Waals surface area (Å²) in [6.07, 6.45) is -1.53. The monoisotopic (exact) mass is 223 g/mol. The van der Waals surface area contributed by atoms with Crippen LogP contribution >= 0.6 is 0 Å². The summed E-state index contributed by atoms with van der Waals surface area (Å²) in [5, 5.41) is 10.1. The van der Waals surface area contributed by atoms with Crippen LogP contribution in [0.5, 0.6) is 0 Å². The van der Waals surface area contributed by atoms with E-state index in [0.717, 1.165) is 5.56 Å². The first-order valence-electron chi connectivity index (χ1n) is 5.09. The first-order valence-corrected chi connectivity index (χ1v) is 5.09. The Morgan fingerprint density at radius 3 is 2.50 bits per heavy atom. The minimum absolute atomic E-state index is 0.0817. The second kappa shape index (κ2) is 4.99. The fourth-order valence-corrected chi connectivity index (χ4v) is 1.42. The third-order valence-corrected chi connectivity index (χ3v) is 2.44. The molecule has 0 spiro atoms. The van der Waals surface area contributed by atoms with Gasteiger partial charge < -0.3 is 15.6 Å². The lowest BCUT2D eigenvalue weighted by molar-refractivity contribution is 0.000343. The van der Waals surface area contributed by atoms with Gasteiger partial charge in [-0.2, -0.15) is 0 Å². The summed E-state index contributed by atoms with van der Waals surface area (Å²) in [4.78, 5) is 10.5. The maximum Gasteiger partial charge on any atom is 0.404 e. The lowest BCUT2D eigenvalue weighted by Crippen LogP contribution is -2.30. The van der Waals surface area contributed by atoms with Gasteiger partial charge in [-0.05, 0) is 5.56 Å². The Hall–Kier alpha value is -1.55. The molecule has 0 unspecified atom stereocenters. The molecule has 1 rings (SSSR count). The number of amides is 1. The summed E-state index contributed by atoms with van der Waals surface area (Å²) < 4.78 is 4.73. The molecule has 0 fully saturated rings. The Bertz CT molecular complexity index is 349. The minimum Gasteiger partial charge on any atom is -0.449 e. The van der Waals surface area contributed by atoms with E-state index in [1.54, 1.807) is 0 Å². The number of carbonyl (C=O) groups is 1. The third kappa shape index (κ3) is 3.24. The highest BCUT2D eigenvalue weighted by Crippen LogP contribution is 2.33. The van der Waals surface area contributed by atoms with Crippen molar-refractivity contribution in [3.05, 3.63) is 35.9 Å². The molecule has 0 heterocycles. The molecule has 88 valence electrons. The highest BCUT2D eigenvalue weighted by molar-refractivity contribution is 5.64. The summed E-state index contributed by atoms with van der Waals surface area (Å²) in [5.74, 6) is 0. The molecule has 0 bridgehead atoms. The molecule has 1 atom stereocenters. The predicted octanol–water partition coefficient (Wildman–Crippen LogP) is 1.84. The van der Waals surface area contributed by atoms with Crippen LogP contribution in [0.1, 0.15) is 25.5 Å². The Morgan fingerprint density at radius 2 is 2.00 bits per heavy atom. The van der Waals surface area contributed by atoms with Crippen LogP contribution in [0.2, 0.25) is 0 Å². The van der Waals surface area contributed by atoms with Gasteiger partial charge in [0.05, 0.1) is 6.10 Å². The summed E-state index contributed by atoms with van der Waals surface area (Å²) in [6.45, 7) is 3.71. The number of ether oxygens (including phenoxy) is 1. The largest absolute Gasteiger partial charge is 0.449 e. The number of hydrogen-bond donors (Lipinski definition) is 2. The maximum atomic E-state index is 10.5. The Labute approximate surface area is 95.0 Å². The smallest absolute Gasteiger partial charge is 0.404 e. The van der Waals surface area contributed by atoms with Crippen LogP contribution in [-0.2, 0) is 4.74 Å². The quantitative estimate of drug-likeness (QED) is 0.818. The van der Waals surface area contributed by atoms with Gasteiger partial charge in [-0.15, -0.1) is 0 Å². The lowest BCUT2D eigenvalue weighted by Gasteiger charge is -2.29. The van der Waals surface area contributed by atoms with Crippen molar-refractivity contribution < 1.29 is 14.6 Å². The Kier molecular flexibility index (Phi) is 3.90. The summed E-state index contributed by atoms with van der Waals surface area (Å²) >= 11 is 0. The van der Waals surface area contributed by atoms with Crippen LogP contribution in [0.3, 0.4) is 0 Å². The van der Waals surface area contributed by atoms with Crippen LogP contribution in [0.25, 0.3) is 0 Å². The zero-order valence-electron chi connectivity index (χ0n) is 9.51. The van der Waals surface area contributed by atoms with Crippen molar-refractivity contribution in [2.45, 2.75) is 20.0 Å². The van der Waals surface area contributed by atoms with Gasteiger partial charge in [-0.3, -0.25) is 0 Å². The van der Waals surface area contributed by atoms with Gasteiger partial charge in [0.1, 0.15) is 6.61 Å². The molecule has 3 N–H and O–H groups in total. The van der Waals surface area contributed by atoms with Gasteiger partial charge in [0.15, 0.2) is 0 Å². The number of benzene rings is 1. The molecule has 0 radical (unpaired) electrons. The van der Waals surface area contributed by atoms with E-state index in [1.165, 1.54) is 0 Å². The van der Waals surface area contributed by atoms with Crippen LogP contribution in [0, 0.1) is 5.41 Å². The van der Waals surface area contributed by atoms with Crippen molar-refractivity contribution in [1.82, 2.24) is 0 Å². The zero-order chi connectivity index (χ0) is 12.2. The van der Waals surface area contributed by atoms with Crippen molar-refractivity contribution in [1.29, 1.82) is 0 Å². The Balaban J connectivity index is 2.72. The van der Waals surface area contributed by atoms with Gasteiger partial charge in [0.25, 0.3) is 0 Å². The van der Waals surface area contributed by atoms with Crippen molar-refractivity contribution in [2.24, 2.45) is 11.1 Å². The SMILES string of the molecule is CC(C)(COC(N)=O)[C@@H](O)c1ccccc1. The summed E-state index contributed by atoms with van der Waals surface area (Å²) in [6, 6.07) is 9.24. The van der Waals surface area contributed by atoms with Crippen molar-refractivity contribution >= 4 is 6.09 Å². The molecular formula is C12H17NO3. The van der Waals surface area contributed by atoms with Gasteiger partial charge in [0, 0.05) is 5.41 Å². The van der Waals surface area contributed by atoms with Gasteiger partial charge in [-0.25, -0.2) is 4.79 Å². The van der Waals surface area contributed by atoms with Crippen LogP contribution < -0.4 is 5.73 Å². The van der Waals surface area contributed by atoms with E-state index in [4.69, 9.17) is 10.5 Å². The van der Waals surface area contributed by atoms with Crippen molar-refractivity contribution in [2.75, 3.05) is 6.61 Å². The average molecular weight is 223 g/mol. The van der Waals surface area contributed by atoms with Gasteiger partial charge in [-0.1, -0.05) is 44.2 Å². The van der Waals surface area contributed by atoms with E-state index < -0.39 is 17.6 Å². The molecule has 0 saturated heterocycles. The van der Waals surface area contributed by atoms with E-state index in [1.807, 2.05) is 44.2 Å². The number of nitrogens with two attached hydrogens (primary N) is 1. The fraction of sp³-hybridized carbons (Fsp3) is 0.417. The highest BCUT2D eigenvalue weighted by Gasteiger charge is 2.30. The lowest BCUT2D eigenvalue weighted by atomic mass is 9.83. The van der Waals surface area contributed by atoms with E-state index in [0.29, 0.717) is 0 Å². The normalized spacial score (nSPS) is 13.2. The average Bonchev–Trinajstić information content (AvgIpc) is 2.27.